The molecule has 104 valence electrons. The van der Waals surface area contributed by atoms with Gasteiger partial charge < -0.3 is 0 Å². The molecule has 0 fully saturated rings. The summed E-state index contributed by atoms with van der Waals surface area (Å²) in [7, 11) is -3.70. The monoisotopic (exact) mass is 404 g/mol. The third kappa shape index (κ3) is 3.25. The van der Waals surface area contributed by atoms with Crippen LogP contribution in [0.4, 0.5) is 11.4 Å². The van der Waals surface area contributed by atoms with Crippen LogP contribution in [-0.2, 0) is 10.0 Å². The van der Waals surface area contributed by atoms with Crippen LogP contribution in [0.15, 0.2) is 53.4 Å². The number of hydrogen-bond acceptors (Lipinski definition) is 4. The van der Waals surface area contributed by atoms with Crippen molar-refractivity contribution in [1.82, 2.24) is 0 Å². The van der Waals surface area contributed by atoms with Crippen molar-refractivity contribution >= 4 is 44.0 Å². The molecule has 0 aliphatic carbocycles. The van der Waals surface area contributed by atoms with E-state index in [1.54, 1.807) is 18.2 Å². The minimum absolute atomic E-state index is 0.0951. The standard InChI is InChI=1S/C12H9IN2O4S/c13-11-3-1-2-4-12(11)20(18,19)14-9-5-7-10(8-6-9)15(16)17/h1-8,14H. The molecule has 0 heterocycles. The highest BCUT2D eigenvalue weighted by molar-refractivity contribution is 14.1. The van der Waals surface area contributed by atoms with E-state index in [2.05, 4.69) is 4.72 Å². The van der Waals surface area contributed by atoms with Gasteiger partial charge in [0.15, 0.2) is 0 Å². The van der Waals surface area contributed by atoms with E-state index in [0.717, 1.165) is 0 Å². The van der Waals surface area contributed by atoms with Crippen LogP contribution < -0.4 is 4.72 Å². The van der Waals surface area contributed by atoms with Gasteiger partial charge in [-0.15, -0.1) is 0 Å². The van der Waals surface area contributed by atoms with E-state index in [9.17, 15) is 18.5 Å². The Morgan fingerprint density at radius 2 is 1.65 bits per heavy atom. The number of anilines is 1. The maximum atomic E-state index is 12.2. The fourth-order valence-electron chi connectivity index (χ4n) is 1.52. The molecule has 2 rings (SSSR count). The lowest BCUT2D eigenvalue weighted by Gasteiger charge is -2.09. The zero-order chi connectivity index (χ0) is 14.8. The number of halogens is 1. The van der Waals surface area contributed by atoms with Gasteiger partial charge >= 0.3 is 0 Å². The largest absolute Gasteiger partial charge is 0.280 e. The number of sulfonamides is 1. The second kappa shape index (κ2) is 5.75. The summed E-state index contributed by atoms with van der Waals surface area (Å²) in [6.07, 6.45) is 0. The average Bonchev–Trinajstić information content (AvgIpc) is 2.39. The van der Waals surface area contributed by atoms with Gasteiger partial charge in [-0.1, -0.05) is 12.1 Å². The van der Waals surface area contributed by atoms with Gasteiger partial charge in [0.2, 0.25) is 0 Å². The highest BCUT2D eigenvalue weighted by Crippen LogP contribution is 2.22. The van der Waals surface area contributed by atoms with E-state index in [1.807, 2.05) is 22.6 Å². The Hall–Kier alpha value is -1.68. The molecule has 20 heavy (non-hydrogen) atoms. The van der Waals surface area contributed by atoms with Crippen molar-refractivity contribution < 1.29 is 13.3 Å². The Bertz CT molecular complexity index is 744. The van der Waals surface area contributed by atoms with Crippen molar-refractivity contribution in [3.8, 4) is 0 Å². The summed E-state index contributed by atoms with van der Waals surface area (Å²) in [6.45, 7) is 0. The molecule has 0 saturated carbocycles. The van der Waals surface area contributed by atoms with E-state index >= 15 is 0 Å². The predicted octanol–water partition coefficient (Wildman–Crippen LogP) is 3.00. The van der Waals surface area contributed by atoms with Gasteiger partial charge in [0.05, 0.1) is 4.92 Å². The summed E-state index contributed by atoms with van der Waals surface area (Å²) < 4.78 is 27.4. The average molecular weight is 404 g/mol. The Kier molecular flexibility index (Phi) is 4.23. The quantitative estimate of drug-likeness (QED) is 0.482. The first-order valence-electron chi connectivity index (χ1n) is 5.42. The zero-order valence-electron chi connectivity index (χ0n) is 9.99. The lowest BCUT2D eigenvalue weighted by Crippen LogP contribution is -2.14. The molecule has 0 unspecified atom stereocenters. The van der Waals surface area contributed by atoms with Gasteiger partial charge in [-0.2, -0.15) is 0 Å². The summed E-state index contributed by atoms with van der Waals surface area (Å²) in [4.78, 5) is 10.2. The van der Waals surface area contributed by atoms with Crippen LogP contribution in [0.2, 0.25) is 0 Å². The van der Waals surface area contributed by atoms with E-state index in [-0.39, 0.29) is 16.3 Å². The van der Waals surface area contributed by atoms with Crippen LogP contribution in [-0.4, -0.2) is 13.3 Å². The lowest BCUT2D eigenvalue weighted by atomic mass is 10.3. The smallest absolute Gasteiger partial charge is 0.269 e. The normalized spacial score (nSPS) is 11.1. The molecule has 0 aromatic heterocycles. The Labute approximate surface area is 129 Å². The van der Waals surface area contributed by atoms with Crippen LogP contribution >= 0.6 is 22.6 Å². The van der Waals surface area contributed by atoms with Crippen LogP contribution in [0.25, 0.3) is 0 Å². The van der Waals surface area contributed by atoms with E-state index in [0.29, 0.717) is 3.57 Å². The first kappa shape index (κ1) is 14.7. The Morgan fingerprint density at radius 3 is 2.20 bits per heavy atom. The molecule has 0 aliphatic rings. The highest BCUT2D eigenvalue weighted by Gasteiger charge is 2.17. The van der Waals surface area contributed by atoms with Gasteiger partial charge in [0, 0.05) is 21.4 Å². The third-order valence-corrected chi connectivity index (χ3v) is 5.20. The number of nitrogens with zero attached hydrogens (tertiary/aromatic N) is 1. The van der Waals surface area contributed by atoms with Crippen molar-refractivity contribution in [3.05, 3.63) is 62.2 Å². The number of rotatable bonds is 4. The molecule has 2 aromatic rings. The maximum absolute atomic E-state index is 12.2. The number of nitrogens with one attached hydrogen (secondary N) is 1. The number of nitro benzene ring substituents is 1. The fraction of sp³-hybridized carbons (Fsp3) is 0. The summed E-state index contributed by atoms with van der Waals surface area (Å²) in [6, 6.07) is 11.7. The van der Waals surface area contributed by atoms with E-state index in [4.69, 9.17) is 0 Å². The minimum atomic E-state index is -3.70. The van der Waals surface area contributed by atoms with Crippen molar-refractivity contribution in [2.75, 3.05) is 4.72 Å². The molecule has 0 radical (unpaired) electrons. The van der Waals surface area contributed by atoms with Crippen molar-refractivity contribution in [2.24, 2.45) is 0 Å². The van der Waals surface area contributed by atoms with Crippen LogP contribution in [0, 0.1) is 13.7 Å². The Balaban J connectivity index is 2.29. The van der Waals surface area contributed by atoms with Crippen LogP contribution in [0.5, 0.6) is 0 Å². The molecule has 2 aromatic carbocycles. The summed E-state index contributed by atoms with van der Waals surface area (Å²) in [5.74, 6) is 0. The molecular formula is C12H9IN2O4S. The van der Waals surface area contributed by atoms with Gasteiger partial charge in [0.1, 0.15) is 4.90 Å². The summed E-state index contributed by atoms with van der Waals surface area (Å²) in [5, 5.41) is 10.5. The minimum Gasteiger partial charge on any atom is -0.280 e. The number of benzene rings is 2. The predicted molar refractivity (Wildman–Crippen MR) is 83.1 cm³/mol. The van der Waals surface area contributed by atoms with Crippen LogP contribution in [0.1, 0.15) is 0 Å². The zero-order valence-corrected chi connectivity index (χ0v) is 13.0. The first-order valence-corrected chi connectivity index (χ1v) is 7.98. The molecule has 0 bridgehead atoms. The van der Waals surface area contributed by atoms with E-state index < -0.39 is 14.9 Å². The SMILES string of the molecule is O=[N+]([O-])c1ccc(NS(=O)(=O)c2ccccc2I)cc1. The molecular weight excluding hydrogens is 395 g/mol. The van der Waals surface area contributed by atoms with E-state index in [1.165, 1.54) is 30.3 Å². The van der Waals surface area contributed by atoms with Gasteiger partial charge in [0.25, 0.3) is 15.7 Å². The van der Waals surface area contributed by atoms with Crippen molar-refractivity contribution in [1.29, 1.82) is 0 Å². The highest BCUT2D eigenvalue weighted by atomic mass is 127. The van der Waals surface area contributed by atoms with Crippen LogP contribution in [0.3, 0.4) is 0 Å². The fourth-order valence-corrected chi connectivity index (χ4v) is 3.92. The molecule has 0 saturated heterocycles. The molecule has 0 aliphatic heterocycles. The molecule has 8 heteroatoms. The second-order valence-corrected chi connectivity index (χ2v) is 6.65. The molecule has 0 atom stereocenters. The van der Waals surface area contributed by atoms with Gasteiger partial charge in [-0.3, -0.25) is 14.8 Å². The topological polar surface area (TPSA) is 89.3 Å². The van der Waals surface area contributed by atoms with Gasteiger partial charge in [-0.05, 0) is 46.9 Å². The second-order valence-electron chi connectivity index (χ2n) is 3.84. The van der Waals surface area contributed by atoms with Crippen molar-refractivity contribution in [3.63, 3.8) is 0 Å². The number of hydrogen-bond donors (Lipinski definition) is 1. The van der Waals surface area contributed by atoms with Gasteiger partial charge in [-0.25, -0.2) is 8.42 Å². The summed E-state index contributed by atoms with van der Waals surface area (Å²) >= 11 is 1.93. The maximum Gasteiger partial charge on any atom is 0.269 e. The molecule has 6 nitrogen and oxygen atoms in total. The molecule has 0 spiro atoms. The third-order valence-electron chi connectivity index (χ3n) is 2.46. The summed E-state index contributed by atoms with van der Waals surface area (Å²) in [5.41, 5.74) is 0.178. The molecule has 1 N–H and O–H groups in total. The molecule has 0 amide bonds. The first-order chi connectivity index (χ1) is 9.40. The lowest BCUT2D eigenvalue weighted by molar-refractivity contribution is -0.384. The number of nitro groups is 1. The number of non-ortho nitro benzene ring substituents is 1. The Morgan fingerprint density at radius 1 is 1.05 bits per heavy atom. The van der Waals surface area contributed by atoms with Crippen molar-refractivity contribution in [2.45, 2.75) is 4.90 Å².